The van der Waals surface area contributed by atoms with Crippen LogP contribution in [0.3, 0.4) is 0 Å². The van der Waals surface area contributed by atoms with Gasteiger partial charge in [0.2, 0.25) is 0 Å². The molecule has 4 rings (SSSR count). The number of aromatic nitrogens is 1. The van der Waals surface area contributed by atoms with Crippen molar-refractivity contribution in [2.75, 3.05) is 0 Å². The van der Waals surface area contributed by atoms with Crippen molar-refractivity contribution in [1.82, 2.24) is 3.97 Å². The molecule has 0 radical (unpaired) electrons. The average molecular weight is 392 g/mol. The molecular weight excluding hydrogens is 377 g/mol. The van der Waals surface area contributed by atoms with Crippen molar-refractivity contribution in [3.63, 3.8) is 0 Å². The van der Waals surface area contributed by atoms with Crippen LogP contribution in [0.1, 0.15) is 34.5 Å². The summed E-state index contributed by atoms with van der Waals surface area (Å²) >= 11 is 6.15. The summed E-state index contributed by atoms with van der Waals surface area (Å²) in [6.07, 6.45) is 1.33. The molecule has 0 saturated carbocycles. The first kappa shape index (κ1) is 17.2. The Bertz CT molecular complexity index is 1160. The second-order valence-electron chi connectivity index (χ2n) is 6.44. The Hall–Kier alpha value is -2.18. The van der Waals surface area contributed by atoms with Gasteiger partial charge in [-0.25, -0.2) is 16.8 Å². The zero-order chi connectivity index (χ0) is 18.6. The molecule has 0 N–H and O–H groups in total. The van der Waals surface area contributed by atoms with Crippen LogP contribution >= 0.6 is 11.6 Å². The Morgan fingerprint density at radius 1 is 1.08 bits per heavy atom. The fraction of sp³-hybridized carbons (Fsp3) is 0.211. The monoisotopic (exact) mass is 391 g/mol. The number of halogens is 2. The summed E-state index contributed by atoms with van der Waals surface area (Å²) < 4.78 is 41.7. The van der Waals surface area contributed by atoms with Crippen LogP contribution in [0.25, 0.3) is 10.9 Å². The smallest absolute Gasteiger partial charge is 0.268 e. The summed E-state index contributed by atoms with van der Waals surface area (Å²) in [6, 6.07) is 8.89. The van der Waals surface area contributed by atoms with Gasteiger partial charge in [0.1, 0.15) is 11.5 Å². The van der Waals surface area contributed by atoms with Gasteiger partial charge >= 0.3 is 0 Å². The van der Waals surface area contributed by atoms with Gasteiger partial charge in [-0.05, 0) is 49.6 Å². The van der Waals surface area contributed by atoms with E-state index in [2.05, 4.69) is 0 Å². The van der Waals surface area contributed by atoms with Crippen molar-refractivity contribution in [2.24, 2.45) is 0 Å². The van der Waals surface area contributed by atoms with E-state index in [0.717, 1.165) is 15.6 Å². The number of carbonyl (C=O) groups is 1. The topological polar surface area (TPSA) is 56.1 Å². The third-order valence-corrected chi connectivity index (χ3v) is 6.83. The lowest BCUT2D eigenvalue weighted by atomic mass is 9.95. The molecule has 0 atom stereocenters. The van der Waals surface area contributed by atoms with Crippen LogP contribution in [0.4, 0.5) is 4.39 Å². The highest BCUT2D eigenvalue weighted by Gasteiger charge is 2.33. The summed E-state index contributed by atoms with van der Waals surface area (Å²) in [6.45, 7) is 1.86. The number of nitrogens with zero attached hydrogens (tertiary/aromatic N) is 1. The fourth-order valence-electron chi connectivity index (χ4n) is 3.49. The van der Waals surface area contributed by atoms with Gasteiger partial charge in [0, 0.05) is 11.8 Å². The van der Waals surface area contributed by atoms with Crippen LogP contribution in [-0.2, 0) is 16.4 Å². The molecule has 26 heavy (non-hydrogen) atoms. The SMILES string of the molecule is Cc1ccc(S(=O)(=O)n2c3c(c4c(Cl)c(F)ccc42)CCCC3=O)cc1. The van der Waals surface area contributed by atoms with E-state index in [4.69, 9.17) is 11.6 Å². The molecule has 1 aromatic heterocycles. The quantitative estimate of drug-likeness (QED) is 0.646. The van der Waals surface area contributed by atoms with Crippen molar-refractivity contribution < 1.29 is 17.6 Å². The van der Waals surface area contributed by atoms with Crippen LogP contribution in [0.5, 0.6) is 0 Å². The number of rotatable bonds is 2. The number of ketones is 1. The molecule has 0 fully saturated rings. The van der Waals surface area contributed by atoms with E-state index in [1.807, 2.05) is 6.92 Å². The molecule has 1 aliphatic rings. The minimum Gasteiger partial charge on any atom is -0.292 e. The molecule has 0 amide bonds. The zero-order valence-electron chi connectivity index (χ0n) is 13.9. The van der Waals surface area contributed by atoms with Gasteiger partial charge in [-0.2, -0.15) is 0 Å². The van der Waals surface area contributed by atoms with E-state index in [0.29, 0.717) is 23.8 Å². The van der Waals surface area contributed by atoms with E-state index in [1.165, 1.54) is 18.2 Å². The van der Waals surface area contributed by atoms with Crippen molar-refractivity contribution >= 4 is 38.3 Å². The third kappa shape index (κ3) is 2.40. The largest absolute Gasteiger partial charge is 0.292 e. The number of aryl methyl sites for hydroxylation is 2. The molecule has 7 heteroatoms. The van der Waals surface area contributed by atoms with Gasteiger partial charge in [-0.3, -0.25) is 4.79 Å². The first-order valence-electron chi connectivity index (χ1n) is 8.19. The number of Topliss-reactive ketones (excluding diaryl/α,β-unsaturated/α-hetero) is 1. The molecule has 134 valence electrons. The predicted molar refractivity (Wildman–Crippen MR) is 97.9 cm³/mol. The van der Waals surface area contributed by atoms with Crippen LogP contribution < -0.4 is 0 Å². The van der Waals surface area contributed by atoms with E-state index >= 15 is 0 Å². The average Bonchev–Trinajstić information content (AvgIpc) is 2.95. The molecule has 0 aliphatic heterocycles. The molecular formula is C19H15ClFNO3S. The first-order chi connectivity index (χ1) is 12.3. The van der Waals surface area contributed by atoms with E-state index in [9.17, 15) is 17.6 Å². The van der Waals surface area contributed by atoms with Gasteiger partial charge in [0.15, 0.2) is 5.78 Å². The highest BCUT2D eigenvalue weighted by Crippen LogP contribution is 2.39. The molecule has 1 aliphatic carbocycles. The van der Waals surface area contributed by atoms with E-state index in [-0.39, 0.29) is 33.3 Å². The molecule has 3 aromatic rings. The van der Waals surface area contributed by atoms with E-state index in [1.54, 1.807) is 12.1 Å². The lowest BCUT2D eigenvalue weighted by Crippen LogP contribution is -2.21. The molecule has 1 heterocycles. The Morgan fingerprint density at radius 3 is 2.46 bits per heavy atom. The molecule has 4 nitrogen and oxygen atoms in total. The summed E-state index contributed by atoms with van der Waals surface area (Å²) in [5.41, 5.74) is 1.76. The Labute approximate surface area is 155 Å². The van der Waals surface area contributed by atoms with Gasteiger partial charge in [0.05, 0.1) is 15.4 Å². The minimum absolute atomic E-state index is 0.0709. The summed E-state index contributed by atoms with van der Waals surface area (Å²) in [7, 11) is -4.03. The highest BCUT2D eigenvalue weighted by atomic mass is 35.5. The fourth-order valence-corrected chi connectivity index (χ4v) is 5.32. The Morgan fingerprint density at radius 2 is 1.77 bits per heavy atom. The lowest BCUT2D eigenvalue weighted by Gasteiger charge is -2.15. The maximum atomic E-state index is 14.0. The lowest BCUT2D eigenvalue weighted by molar-refractivity contribution is 0.0967. The van der Waals surface area contributed by atoms with Crippen molar-refractivity contribution in [2.45, 2.75) is 31.1 Å². The van der Waals surface area contributed by atoms with Crippen LogP contribution in [0, 0.1) is 12.7 Å². The van der Waals surface area contributed by atoms with Gasteiger partial charge < -0.3 is 0 Å². The van der Waals surface area contributed by atoms with Crippen LogP contribution in [0.2, 0.25) is 5.02 Å². The number of benzene rings is 2. The van der Waals surface area contributed by atoms with Crippen molar-refractivity contribution in [3.8, 4) is 0 Å². The molecule has 0 bridgehead atoms. The minimum atomic E-state index is -4.03. The summed E-state index contributed by atoms with van der Waals surface area (Å²) in [5.74, 6) is -0.903. The maximum absolute atomic E-state index is 14.0. The number of fused-ring (bicyclic) bond motifs is 3. The van der Waals surface area contributed by atoms with Crippen molar-refractivity contribution in [1.29, 1.82) is 0 Å². The first-order valence-corrected chi connectivity index (χ1v) is 10.0. The summed E-state index contributed by atoms with van der Waals surface area (Å²) in [5, 5.41) is 0.164. The highest BCUT2D eigenvalue weighted by molar-refractivity contribution is 7.90. The number of hydrogen-bond donors (Lipinski definition) is 0. The van der Waals surface area contributed by atoms with Crippen molar-refractivity contribution in [3.05, 3.63) is 64.1 Å². The molecule has 0 saturated heterocycles. The molecule has 0 unspecified atom stereocenters. The Kier molecular flexibility index (Phi) is 3.93. The third-order valence-electron chi connectivity index (χ3n) is 4.74. The number of hydrogen-bond acceptors (Lipinski definition) is 3. The van der Waals surface area contributed by atoms with Gasteiger partial charge in [0.25, 0.3) is 10.0 Å². The zero-order valence-corrected chi connectivity index (χ0v) is 15.5. The van der Waals surface area contributed by atoms with Gasteiger partial charge in [-0.1, -0.05) is 29.3 Å². The van der Waals surface area contributed by atoms with Gasteiger partial charge in [-0.15, -0.1) is 0 Å². The summed E-state index contributed by atoms with van der Waals surface area (Å²) in [4.78, 5) is 12.7. The van der Waals surface area contributed by atoms with E-state index < -0.39 is 15.8 Å². The Balaban J connectivity index is 2.13. The molecule has 0 spiro atoms. The second kappa shape index (κ2) is 5.93. The predicted octanol–water partition coefficient (Wildman–Crippen LogP) is 4.50. The molecule has 2 aromatic carbocycles. The normalized spacial score (nSPS) is 14.7. The number of carbonyl (C=O) groups excluding carboxylic acids is 1. The second-order valence-corrected chi connectivity index (χ2v) is 8.61. The standard InChI is InChI=1S/C19H15ClFNO3S/c1-11-5-7-12(8-6-11)26(24,25)22-15-10-9-14(21)18(20)17(15)13-3-2-4-16(23)19(13)22/h5-10H,2-4H2,1H3. The van der Waals surface area contributed by atoms with Crippen LogP contribution in [0.15, 0.2) is 41.3 Å². The van der Waals surface area contributed by atoms with Crippen LogP contribution in [-0.4, -0.2) is 18.2 Å². The maximum Gasteiger partial charge on any atom is 0.268 e.